The molecule has 8 nitrogen and oxygen atoms in total. The number of anilines is 1. The summed E-state index contributed by atoms with van der Waals surface area (Å²) in [7, 11) is 5.09. The summed E-state index contributed by atoms with van der Waals surface area (Å²) in [6.07, 6.45) is 2.82. The van der Waals surface area contributed by atoms with E-state index in [1.165, 1.54) is 19.1 Å². The highest BCUT2D eigenvalue weighted by atomic mass is 16.5. The molecule has 0 radical (unpaired) electrons. The summed E-state index contributed by atoms with van der Waals surface area (Å²) < 4.78 is 10.3. The molecule has 0 aliphatic carbocycles. The van der Waals surface area contributed by atoms with Crippen LogP contribution >= 0.6 is 0 Å². The van der Waals surface area contributed by atoms with Gasteiger partial charge in [0.2, 0.25) is 0 Å². The fourth-order valence-electron chi connectivity index (χ4n) is 2.25. The average Bonchev–Trinajstić information content (AvgIpc) is 2.60. The highest BCUT2D eigenvalue weighted by Crippen LogP contribution is 2.28. The SMILES string of the molecule is COc1ccc(OC)c(NC(=O)C(=O)NNC2=CC[NH+](C)CC2)c1. The monoisotopic (exact) mass is 335 g/mol. The highest BCUT2D eigenvalue weighted by molar-refractivity contribution is 6.39. The minimum absolute atomic E-state index is 0.360. The third-order valence-electron chi connectivity index (χ3n) is 3.72. The number of carbonyl (C=O) groups is 2. The molecule has 1 atom stereocenters. The first-order valence-electron chi connectivity index (χ1n) is 7.63. The van der Waals surface area contributed by atoms with Gasteiger partial charge in [-0.05, 0) is 18.2 Å². The number of rotatable bonds is 5. The minimum atomic E-state index is -0.798. The van der Waals surface area contributed by atoms with Crippen LogP contribution in [0, 0.1) is 0 Å². The molecule has 2 amide bonds. The quantitative estimate of drug-likeness (QED) is 0.412. The van der Waals surface area contributed by atoms with Gasteiger partial charge in [0.1, 0.15) is 11.5 Å². The smallest absolute Gasteiger partial charge is 0.327 e. The van der Waals surface area contributed by atoms with Gasteiger partial charge in [0.25, 0.3) is 0 Å². The van der Waals surface area contributed by atoms with Crippen LogP contribution in [0.2, 0.25) is 0 Å². The molecular weight excluding hydrogens is 312 g/mol. The van der Waals surface area contributed by atoms with E-state index in [-0.39, 0.29) is 0 Å². The fourth-order valence-corrected chi connectivity index (χ4v) is 2.25. The molecule has 24 heavy (non-hydrogen) atoms. The maximum Gasteiger partial charge on any atom is 0.327 e. The number of hydrazine groups is 1. The van der Waals surface area contributed by atoms with Gasteiger partial charge in [-0.15, -0.1) is 0 Å². The summed E-state index contributed by atoms with van der Waals surface area (Å²) in [6.45, 7) is 1.85. The third kappa shape index (κ3) is 4.63. The van der Waals surface area contributed by atoms with Crippen molar-refractivity contribution >= 4 is 17.5 Å². The topological polar surface area (TPSA) is 93.1 Å². The number of carbonyl (C=O) groups excluding carboxylic acids is 2. The van der Waals surface area contributed by atoms with Crippen LogP contribution in [0.4, 0.5) is 5.69 Å². The van der Waals surface area contributed by atoms with Gasteiger partial charge in [-0.3, -0.25) is 15.0 Å². The molecule has 0 saturated carbocycles. The number of hydrogen-bond acceptors (Lipinski definition) is 5. The van der Waals surface area contributed by atoms with Crippen molar-refractivity contribution in [1.29, 1.82) is 0 Å². The van der Waals surface area contributed by atoms with E-state index in [4.69, 9.17) is 9.47 Å². The van der Waals surface area contributed by atoms with Gasteiger partial charge in [-0.1, -0.05) is 0 Å². The number of amides is 2. The van der Waals surface area contributed by atoms with E-state index in [1.807, 2.05) is 6.08 Å². The van der Waals surface area contributed by atoms with E-state index >= 15 is 0 Å². The fraction of sp³-hybridized carbons (Fsp3) is 0.375. The Kier molecular flexibility index (Phi) is 6.02. The Morgan fingerprint density at radius 1 is 1.17 bits per heavy atom. The Morgan fingerprint density at radius 3 is 2.58 bits per heavy atom. The molecule has 0 spiro atoms. The van der Waals surface area contributed by atoms with E-state index in [9.17, 15) is 9.59 Å². The van der Waals surface area contributed by atoms with Gasteiger partial charge < -0.3 is 25.1 Å². The van der Waals surface area contributed by atoms with E-state index in [0.717, 1.165) is 25.2 Å². The molecule has 0 fully saturated rings. The van der Waals surface area contributed by atoms with Crippen molar-refractivity contribution in [2.45, 2.75) is 6.42 Å². The Bertz CT molecular complexity index is 645. The van der Waals surface area contributed by atoms with Gasteiger partial charge in [0, 0.05) is 18.2 Å². The largest absolute Gasteiger partial charge is 0.497 e. The van der Waals surface area contributed by atoms with E-state index in [1.54, 1.807) is 18.2 Å². The molecule has 8 heteroatoms. The lowest BCUT2D eigenvalue weighted by atomic mass is 10.2. The number of likely N-dealkylation sites (N-methyl/N-ethyl adjacent to an activating group) is 1. The molecule has 1 unspecified atom stereocenters. The van der Waals surface area contributed by atoms with Crippen molar-refractivity contribution < 1.29 is 24.0 Å². The molecule has 0 saturated heterocycles. The van der Waals surface area contributed by atoms with Crippen LogP contribution in [0.15, 0.2) is 30.0 Å². The van der Waals surface area contributed by atoms with Crippen LogP contribution in [0.3, 0.4) is 0 Å². The van der Waals surface area contributed by atoms with Crippen molar-refractivity contribution in [2.75, 3.05) is 39.7 Å². The summed E-state index contributed by atoms with van der Waals surface area (Å²) in [6, 6.07) is 4.93. The van der Waals surface area contributed by atoms with E-state index in [0.29, 0.717) is 17.2 Å². The van der Waals surface area contributed by atoms with Crippen LogP contribution in [0.1, 0.15) is 6.42 Å². The zero-order chi connectivity index (χ0) is 17.5. The predicted octanol–water partition coefficient (Wildman–Crippen LogP) is -0.935. The van der Waals surface area contributed by atoms with Crippen molar-refractivity contribution in [1.82, 2.24) is 10.9 Å². The van der Waals surface area contributed by atoms with E-state index in [2.05, 4.69) is 23.2 Å². The summed E-state index contributed by atoms with van der Waals surface area (Å²) in [4.78, 5) is 25.3. The molecule has 130 valence electrons. The average molecular weight is 335 g/mol. The third-order valence-corrected chi connectivity index (χ3v) is 3.72. The molecule has 4 N–H and O–H groups in total. The van der Waals surface area contributed by atoms with Crippen molar-refractivity contribution in [3.8, 4) is 11.5 Å². The normalized spacial score (nSPS) is 16.6. The first-order chi connectivity index (χ1) is 11.5. The number of hydrogen-bond donors (Lipinski definition) is 4. The Hall–Kier alpha value is -2.74. The second-order valence-corrected chi connectivity index (χ2v) is 5.49. The zero-order valence-electron chi connectivity index (χ0n) is 14.1. The molecule has 1 aliphatic heterocycles. The van der Waals surface area contributed by atoms with Crippen molar-refractivity contribution in [3.63, 3.8) is 0 Å². The maximum atomic E-state index is 12.0. The highest BCUT2D eigenvalue weighted by Gasteiger charge is 2.17. The van der Waals surface area contributed by atoms with Crippen molar-refractivity contribution in [3.05, 3.63) is 30.0 Å². The molecule has 1 aromatic rings. The van der Waals surface area contributed by atoms with Crippen molar-refractivity contribution in [2.24, 2.45) is 0 Å². The lowest BCUT2D eigenvalue weighted by Crippen LogP contribution is -3.09. The Labute approximate surface area is 140 Å². The summed E-state index contributed by atoms with van der Waals surface area (Å²) >= 11 is 0. The lowest BCUT2D eigenvalue weighted by molar-refractivity contribution is -0.875. The van der Waals surface area contributed by atoms with Gasteiger partial charge in [0.05, 0.1) is 40.0 Å². The number of nitrogens with one attached hydrogen (secondary N) is 4. The van der Waals surface area contributed by atoms with Crippen LogP contribution in [0.5, 0.6) is 11.5 Å². The number of ether oxygens (including phenoxy) is 2. The molecule has 1 aromatic carbocycles. The first kappa shape index (κ1) is 17.6. The Balaban J connectivity index is 1.93. The molecular formula is C16H23N4O4+. The zero-order valence-corrected chi connectivity index (χ0v) is 14.1. The standard InChI is InChI=1S/C16H22N4O4/c1-20-8-6-11(7-9-20)18-19-16(22)15(21)17-13-10-12(23-2)4-5-14(13)24-3/h4-6,10,18H,7-9H2,1-3H3,(H,17,21)(H,19,22)/p+1. The molecule has 2 rings (SSSR count). The Morgan fingerprint density at radius 2 is 1.96 bits per heavy atom. The van der Waals surface area contributed by atoms with Crippen LogP contribution < -0.4 is 30.5 Å². The molecule has 0 bridgehead atoms. The van der Waals surface area contributed by atoms with Gasteiger partial charge >= 0.3 is 11.8 Å². The molecule has 0 aromatic heterocycles. The second kappa shape index (κ2) is 8.21. The van der Waals surface area contributed by atoms with E-state index < -0.39 is 11.8 Å². The first-order valence-corrected chi connectivity index (χ1v) is 7.63. The van der Waals surface area contributed by atoms with Gasteiger partial charge in [-0.2, -0.15) is 0 Å². The summed E-state index contributed by atoms with van der Waals surface area (Å²) in [5.41, 5.74) is 6.46. The lowest BCUT2D eigenvalue weighted by Gasteiger charge is -2.20. The van der Waals surface area contributed by atoms with Crippen LogP contribution in [0.25, 0.3) is 0 Å². The molecule has 1 aliphatic rings. The van der Waals surface area contributed by atoms with Gasteiger partial charge in [-0.25, -0.2) is 0 Å². The number of quaternary nitrogens is 1. The number of methoxy groups -OCH3 is 2. The minimum Gasteiger partial charge on any atom is -0.497 e. The summed E-state index contributed by atoms with van der Waals surface area (Å²) in [5.74, 6) is -0.602. The number of benzene rings is 1. The van der Waals surface area contributed by atoms with Crippen LogP contribution in [-0.2, 0) is 9.59 Å². The maximum absolute atomic E-state index is 12.0. The van der Waals surface area contributed by atoms with Gasteiger partial charge in [0.15, 0.2) is 0 Å². The predicted molar refractivity (Wildman–Crippen MR) is 88.8 cm³/mol. The van der Waals surface area contributed by atoms with Crippen LogP contribution in [-0.4, -0.2) is 46.2 Å². The summed E-state index contributed by atoms with van der Waals surface area (Å²) in [5, 5.41) is 2.51. The molecule has 1 heterocycles. The second-order valence-electron chi connectivity index (χ2n) is 5.49.